The molecule has 7 nitrogen and oxygen atoms in total. The van der Waals surface area contributed by atoms with Gasteiger partial charge in [-0.25, -0.2) is 13.1 Å². The molecule has 0 bridgehead atoms. The van der Waals surface area contributed by atoms with Crippen LogP contribution in [-0.2, 0) is 19.6 Å². The molecule has 1 unspecified atom stereocenters. The largest absolute Gasteiger partial charge is 0.492 e. The van der Waals surface area contributed by atoms with Gasteiger partial charge in [-0.2, -0.15) is 0 Å². The summed E-state index contributed by atoms with van der Waals surface area (Å²) in [6.45, 7) is 3.23. The molecule has 0 saturated heterocycles. The van der Waals surface area contributed by atoms with E-state index in [-0.39, 0.29) is 19.0 Å². The average Bonchev–Trinajstić information content (AvgIpc) is 2.38. The van der Waals surface area contributed by atoms with Gasteiger partial charge in [-0.15, -0.1) is 0 Å². The van der Waals surface area contributed by atoms with Crippen molar-refractivity contribution in [3.8, 4) is 5.75 Å². The molecule has 0 spiro atoms. The normalized spacial score (nSPS) is 12.7. The summed E-state index contributed by atoms with van der Waals surface area (Å²) in [5, 5.41) is 0. The smallest absolute Gasteiger partial charge is 0.323 e. The van der Waals surface area contributed by atoms with Crippen LogP contribution in [0, 0.1) is 0 Å². The number of sulfonamides is 1. The molecular formula is C13H20N2O5S. The van der Waals surface area contributed by atoms with Crippen molar-refractivity contribution in [2.45, 2.75) is 19.9 Å². The summed E-state index contributed by atoms with van der Waals surface area (Å²) < 4.78 is 35.8. The molecule has 0 aliphatic heterocycles. The second-order valence-electron chi connectivity index (χ2n) is 4.33. The number of benzene rings is 1. The Hall–Kier alpha value is -1.80. The lowest BCUT2D eigenvalue weighted by atomic mass is 10.3. The topological polar surface area (TPSA) is 108 Å². The van der Waals surface area contributed by atoms with Crippen molar-refractivity contribution in [3.05, 3.63) is 24.3 Å². The summed E-state index contributed by atoms with van der Waals surface area (Å²) in [6.07, 6.45) is 0. The highest BCUT2D eigenvalue weighted by Gasteiger charge is 2.21. The third-order valence-corrected chi connectivity index (χ3v) is 3.89. The average molecular weight is 316 g/mol. The van der Waals surface area contributed by atoms with E-state index < -0.39 is 22.0 Å². The van der Waals surface area contributed by atoms with Gasteiger partial charge < -0.3 is 15.2 Å². The number of esters is 1. The van der Waals surface area contributed by atoms with E-state index in [1.807, 2.05) is 0 Å². The number of rotatable bonds is 8. The molecule has 1 rings (SSSR count). The number of anilines is 1. The van der Waals surface area contributed by atoms with E-state index >= 15 is 0 Å². The first-order valence-electron chi connectivity index (χ1n) is 6.49. The van der Waals surface area contributed by atoms with Crippen molar-refractivity contribution in [1.29, 1.82) is 0 Å². The minimum absolute atomic E-state index is 0.0473. The molecule has 118 valence electrons. The monoisotopic (exact) mass is 316 g/mol. The molecule has 8 heteroatoms. The van der Waals surface area contributed by atoms with E-state index in [1.54, 1.807) is 31.2 Å². The summed E-state index contributed by atoms with van der Waals surface area (Å²) >= 11 is 0. The van der Waals surface area contributed by atoms with Gasteiger partial charge in [0.25, 0.3) is 0 Å². The fourth-order valence-corrected chi connectivity index (χ4v) is 2.57. The number of hydrogen-bond donors (Lipinski definition) is 2. The van der Waals surface area contributed by atoms with Crippen molar-refractivity contribution in [2.75, 3.05) is 24.7 Å². The fourth-order valence-electron chi connectivity index (χ4n) is 1.52. The Labute approximate surface area is 124 Å². The van der Waals surface area contributed by atoms with Crippen LogP contribution in [0.25, 0.3) is 0 Å². The number of nitrogens with two attached hydrogens (primary N) is 1. The zero-order valence-corrected chi connectivity index (χ0v) is 12.9. The van der Waals surface area contributed by atoms with Gasteiger partial charge in [0.05, 0.1) is 12.4 Å². The van der Waals surface area contributed by atoms with Gasteiger partial charge in [0.1, 0.15) is 18.4 Å². The molecule has 0 saturated carbocycles. The molecule has 3 N–H and O–H groups in total. The number of carbonyl (C=O) groups excluding carboxylic acids is 1. The van der Waals surface area contributed by atoms with Gasteiger partial charge in [-0.1, -0.05) is 6.07 Å². The summed E-state index contributed by atoms with van der Waals surface area (Å²) in [5.74, 6) is -0.396. The van der Waals surface area contributed by atoms with Crippen molar-refractivity contribution in [3.63, 3.8) is 0 Å². The summed E-state index contributed by atoms with van der Waals surface area (Å²) in [6, 6.07) is 5.76. The molecule has 0 aromatic heterocycles. The maximum Gasteiger partial charge on any atom is 0.323 e. The maximum absolute atomic E-state index is 11.8. The van der Waals surface area contributed by atoms with Crippen LogP contribution in [0.3, 0.4) is 0 Å². The van der Waals surface area contributed by atoms with Crippen LogP contribution in [0.15, 0.2) is 24.3 Å². The Morgan fingerprint density at radius 1 is 1.43 bits per heavy atom. The van der Waals surface area contributed by atoms with Gasteiger partial charge in [-0.05, 0) is 26.0 Å². The Bertz CT molecular complexity index is 574. The fraction of sp³-hybridized carbons (Fsp3) is 0.462. The maximum atomic E-state index is 11.8. The zero-order chi connectivity index (χ0) is 15.9. The highest BCUT2D eigenvalue weighted by molar-refractivity contribution is 7.89. The van der Waals surface area contributed by atoms with Gasteiger partial charge in [0.2, 0.25) is 10.0 Å². The third-order valence-electron chi connectivity index (χ3n) is 2.48. The molecule has 0 amide bonds. The lowest BCUT2D eigenvalue weighted by molar-refractivity contribution is -0.144. The summed E-state index contributed by atoms with van der Waals surface area (Å²) in [4.78, 5) is 11.4. The first-order valence-corrected chi connectivity index (χ1v) is 8.14. The van der Waals surface area contributed by atoms with Crippen LogP contribution >= 0.6 is 0 Å². The highest BCUT2D eigenvalue weighted by atomic mass is 32.2. The predicted octanol–water partition coefficient (Wildman–Crippen LogP) is 0.519. The van der Waals surface area contributed by atoms with Crippen molar-refractivity contribution in [2.24, 2.45) is 0 Å². The first kappa shape index (κ1) is 17.3. The first-order chi connectivity index (χ1) is 9.84. The van der Waals surface area contributed by atoms with E-state index in [4.69, 9.17) is 15.2 Å². The Morgan fingerprint density at radius 2 is 2.14 bits per heavy atom. The minimum atomic E-state index is -3.63. The van der Waals surface area contributed by atoms with Crippen LogP contribution in [0.1, 0.15) is 13.8 Å². The molecule has 1 atom stereocenters. The molecule has 0 fully saturated rings. The van der Waals surface area contributed by atoms with Crippen LogP contribution < -0.4 is 15.2 Å². The molecule has 0 aliphatic rings. The zero-order valence-electron chi connectivity index (χ0n) is 12.0. The lowest BCUT2D eigenvalue weighted by Crippen LogP contribution is -2.41. The van der Waals surface area contributed by atoms with Crippen molar-refractivity contribution >= 4 is 21.7 Å². The summed E-state index contributed by atoms with van der Waals surface area (Å²) in [5.41, 5.74) is 6.11. The second kappa shape index (κ2) is 7.84. The van der Waals surface area contributed by atoms with Crippen LogP contribution in [-0.4, -0.2) is 39.4 Å². The Morgan fingerprint density at radius 3 is 2.76 bits per heavy atom. The molecule has 0 heterocycles. The molecule has 0 radical (unpaired) electrons. The molecule has 21 heavy (non-hydrogen) atoms. The number of ether oxygens (including phenoxy) is 2. The quantitative estimate of drug-likeness (QED) is 0.535. The van der Waals surface area contributed by atoms with Crippen LogP contribution in [0.5, 0.6) is 5.75 Å². The number of carbonyl (C=O) groups is 1. The SMILES string of the molecule is CCOC(=O)C(C)NS(=O)(=O)CCOc1cccc(N)c1. The lowest BCUT2D eigenvalue weighted by Gasteiger charge is -2.13. The third kappa shape index (κ3) is 6.46. The van der Waals surface area contributed by atoms with Crippen molar-refractivity contribution < 1.29 is 22.7 Å². The Kier molecular flexibility index (Phi) is 6.44. The van der Waals surface area contributed by atoms with E-state index in [2.05, 4.69) is 4.72 Å². The van der Waals surface area contributed by atoms with Crippen molar-refractivity contribution in [1.82, 2.24) is 4.72 Å². The van der Waals surface area contributed by atoms with Crippen LogP contribution in [0.4, 0.5) is 5.69 Å². The highest BCUT2D eigenvalue weighted by Crippen LogP contribution is 2.14. The van der Waals surface area contributed by atoms with Gasteiger partial charge in [-0.3, -0.25) is 4.79 Å². The summed E-state index contributed by atoms with van der Waals surface area (Å²) in [7, 11) is -3.63. The number of nitrogens with one attached hydrogen (secondary N) is 1. The number of nitrogen functional groups attached to an aromatic ring is 1. The molecular weight excluding hydrogens is 296 g/mol. The van der Waals surface area contributed by atoms with Gasteiger partial charge in [0, 0.05) is 11.8 Å². The molecule has 1 aromatic rings. The van der Waals surface area contributed by atoms with E-state index in [1.165, 1.54) is 6.92 Å². The molecule has 0 aliphatic carbocycles. The standard InChI is InChI=1S/C13H20N2O5S/c1-3-19-13(16)10(2)15-21(17,18)8-7-20-12-6-4-5-11(14)9-12/h4-6,9-10,15H,3,7-8,14H2,1-2H3. The van der Waals surface area contributed by atoms with Gasteiger partial charge >= 0.3 is 5.97 Å². The van der Waals surface area contributed by atoms with Gasteiger partial charge in [0.15, 0.2) is 0 Å². The number of hydrogen-bond acceptors (Lipinski definition) is 6. The molecule has 1 aromatic carbocycles. The van der Waals surface area contributed by atoms with E-state index in [0.717, 1.165) is 0 Å². The van der Waals surface area contributed by atoms with E-state index in [0.29, 0.717) is 11.4 Å². The minimum Gasteiger partial charge on any atom is -0.492 e. The predicted molar refractivity (Wildman–Crippen MR) is 79.4 cm³/mol. The van der Waals surface area contributed by atoms with E-state index in [9.17, 15) is 13.2 Å². The Balaban J connectivity index is 2.44. The second-order valence-corrected chi connectivity index (χ2v) is 6.20. The van der Waals surface area contributed by atoms with Crippen LogP contribution in [0.2, 0.25) is 0 Å².